The molecule has 98 valence electrons. The van der Waals surface area contributed by atoms with Gasteiger partial charge < -0.3 is 5.11 Å². The van der Waals surface area contributed by atoms with E-state index in [0.717, 1.165) is 42.0 Å². The van der Waals surface area contributed by atoms with Crippen LogP contribution < -0.4 is 0 Å². The lowest BCUT2D eigenvalue weighted by atomic mass is 9.91. The molecule has 4 rings (SSSR count). The predicted molar refractivity (Wildman–Crippen MR) is 74.9 cm³/mol. The molecular formula is C16H18N2O. The molecule has 2 aliphatic rings. The third-order valence-corrected chi connectivity index (χ3v) is 4.47. The molecule has 2 heterocycles. The summed E-state index contributed by atoms with van der Waals surface area (Å²) in [7, 11) is 0. The van der Waals surface area contributed by atoms with Crippen LogP contribution in [0.1, 0.15) is 24.8 Å². The van der Waals surface area contributed by atoms with E-state index >= 15 is 0 Å². The molecule has 3 nitrogen and oxygen atoms in total. The largest absolute Gasteiger partial charge is 0.384 e. The van der Waals surface area contributed by atoms with Crippen LogP contribution in [0.25, 0.3) is 10.9 Å². The molecule has 2 aromatic rings. The van der Waals surface area contributed by atoms with E-state index in [1.165, 1.54) is 12.8 Å². The molecule has 1 saturated heterocycles. The van der Waals surface area contributed by atoms with Gasteiger partial charge >= 0.3 is 0 Å². The Kier molecular flexibility index (Phi) is 2.41. The van der Waals surface area contributed by atoms with Crippen LogP contribution in [0.15, 0.2) is 36.5 Å². The first-order chi connectivity index (χ1) is 9.26. The lowest BCUT2D eigenvalue weighted by molar-refractivity contribution is 0.0465. The second kappa shape index (κ2) is 4.02. The number of pyridine rings is 1. The number of aromatic nitrogens is 1. The van der Waals surface area contributed by atoms with Crippen molar-refractivity contribution in [2.75, 3.05) is 13.1 Å². The van der Waals surface area contributed by atoms with Crippen LogP contribution in [-0.2, 0) is 5.60 Å². The van der Waals surface area contributed by atoms with Crippen molar-refractivity contribution in [2.24, 2.45) is 0 Å². The highest BCUT2D eigenvalue weighted by molar-refractivity contribution is 5.82. The molecule has 1 N–H and O–H groups in total. The normalized spacial score (nSPS) is 28.1. The number of aliphatic hydroxyl groups is 1. The average Bonchev–Trinajstić information content (AvgIpc) is 3.22. The maximum absolute atomic E-state index is 11.0. The Labute approximate surface area is 112 Å². The third kappa shape index (κ3) is 1.85. The Hall–Kier alpha value is -1.45. The Morgan fingerprint density at radius 2 is 2.05 bits per heavy atom. The van der Waals surface area contributed by atoms with E-state index in [4.69, 9.17) is 0 Å². The quantitative estimate of drug-likeness (QED) is 0.893. The summed E-state index contributed by atoms with van der Waals surface area (Å²) in [5, 5.41) is 12.1. The highest BCUT2D eigenvalue weighted by Gasteiger charge is 2.43. The second-order valence-corrected chi connectivity index (χ2v) is 5.86. The molecule has 3 heteroatoms. The zero-order valence-corrected chi connectivity index (χ0v) is 10.9. The molecule has 19 heavy (non-hydrogen) atoms. The van der Waals surface area contributed by atoms with E-state index in [2.05, 4.69) is 22.0 Å². The van der Waals surface area contributed by atoms with Gasteiger partial charge in [-0.2, -0.15) is 0 Å². The second-order valence-electron chi connectivity index (χ2n) is 5.86. The zero-order valence-electron chi connectivity index (χ0n) is 10.9. The van der Waals surface area contributed by atoms with Gasteiger partial charge in [-0.1, -0.05) is 24.3 Å². The number of rotatable bonds is 2. The van der Waals surface area contributed by atoms with Crippen LogP contribution in [0.4, 0.5) is 0 Å². The van der Waals surface area contributed by atoms with Crippen molar-refractivity contribution < 1.29 is 5.11 Å². The number of likely N-dealkylation sites (tertiary alicyclic amines) is 1. The fraction of sp³-hybridized carbons (Fsp3) is 0.438. The number of hydrogen-bond acceptors (Lipinski definition) is 3. The summed E-state index contributed by atoms with van der Waals surface area (Å²) in [5.41, 5.74) is 1.22. The number of hydrogen-bond donors (Lipinski definition) is 1. The summed E-state index contributed by atoms with van der Waals surface area (Å²) in [6.45, 7) is 1.76. The molecule has 1 aromatic carbocycles. The molecule has 1 aliphatic heterocycles. The molecule has 0 bridgehead atoms. The minimum absolute atomic E-state index is 0.719. The van der Waals surface area contributed by atoms with Gasteiger partial charge in [0, 0.05) is 36.3 Å². The van der Waals surface area contributed by atoms with Crippen molar-refractivity contribution in [3.63, 3.8) is 0 Å². The smallest absolute Gasteiger partial charge is 0.106 e. The zero-order chi connectivity index (χ0) is 12.9. The van der Waals surface area contributed by atoms with Gasteiger partial charge in [-0.3, -0.25) is 9.88 Å². The third-order valence-electron chi connectivity index (χ3n) is 4.47. The number of para-hydroxylation sites is 1. The molecule has 0 amide bonds. The van der Waals surface area contributed by atoms with Crippen LogP contribution in [0, 0.1) is 0 Å². The van der Waals surface area contributed by atoms with Crippen molar-refractivity contribution >= 4 is 10.9 Å². The van der Waals surface area contributed by atoms with Crippen molar-refractivity contribution in [1.29, 1.82) is 0 Å². The van der Waals surface area contributed by atoms with E-state index in [0.29, 0.717) is 0 Å². The number of nitrogens with zero attached hydrogens (tertiary/aromatic N) is 2. The lowest BCUT2D eigenvalue weighted by Crippen LogP contribution is -2.32. The van der Waals surface area contributed by atoms with Gasteiger partial charge in [0.05, 0.1) is 5.52 Å². The summed E-state index contributed by atoms with van der Waals surface area (Å²) in [5.74, 6) is 0. The predicted octanol–water partition coefficient (Wildman–Crippen LogP) is 2.29. The fourth-order valence-corrected chi connectivity index (χ4v) is 3.27. The van der Waals surface area contributed by atoms with Crippen molar-refractivity contribution in [3.05, 3.63) is 42.1 Å². The van der Waals surface area contributed by atoms with Crippen LogP contribution in [0.3, 0.4) is 0 Å². The van der Waals surface area contributed by atoms with Gasteiger partial charge in [0.1, 0.15) is 5.60 Å². The monoisotopic (exact) mass is 254 g/mol. The van der Waals surface area contributed by atoms with Gasteiger partial charge in [-0.25, -0.2) is 0 Å². The molecule has 1 aromatic heterocycles. The summed E-state index contributed by atoms with van der Waals surface area (Å²) >= 11 is 0. The highest BCUT2D eigenvalue weighted by atomic mass is 16.3. The SMILES string of the molecule is OC1(c2cccc3cccnc23)CCN(C2CC2)C1. The molecule has 1 aliphatic carbocycles. The molecule has 0 radical (unpaired) electrons. The average molecular weight is 254 g/mol. The lowest BCUT2D eigenvalue weighted by Gasteiger charge is -2.25. The minimum Gasteiger partial charge on any atom is -0.384 e. The molecule has 1 atom stereocenters. The topological polar surface area (TPSA) is 36.4 Å². The van der Waals surface area contributed by atoms with Crippen molar-refractivity contribution in [2.45, 2.75) is 30.9 Å². The van der Waals surface area contributed by atoms with E-state index in [1.807, 2.05) is 24.4 Å². The molecular weight excluding hydrogens is 236 g/mol. The summed E-state index contributed by atoms with van der Waals surface area (Å²) < 4.78 is 0. The maximum atomic E-state index is 11.0. The van der Waals surface area contributed by atoms with E-state index in [1.54, 1.807) is 0 Å². The van der Waals surface area contributed by atoms with E-state index < -0.39 is 5.60 Å². The Balaban J connectivity index is 1.77. The van der Waals surface area contributed by atoms with Crippen molar-refractivity contribution in [3.8, 4) is 0 Å². The van der Waals surface area contributed by atoms with Crippen LogP contribution >= 0.6 is 0 Å². The fourth-order valence-electron chi connectivity index (χ4n) is 3.27. The molecule has 1 saturated carbocycles. The first kappa shape index (κ1) is 11.4. The Morgan fingerprint density at radius 1 is 1.21 bits per heavy atom. The number of fused-ring (bicyclic) bond motifs is 1. The number of benzene rings is 1. The summed E-state index contributed by atoms with van der Waals surface area (Å²) in [6, 6.07) is 10.8. The van der Waals surface area contributed by atoms with Crippen LogP contribution in [0.2, 0.25) is 0 Å². The summed E-state index contributed by atoms with van der Waals surface area (Å²) in [4.78, 5) is 6.91. The first-order valence-electron chi connectivity index (χ1n) is 7.07. The Bertz CT molecular complexity index is 618. The minimum atomic E-state index is -0.726. The van der Waals surface area contributed by atoms with Crippen LogP contribution in [-0.4, -0.2) is 34.1 Å². The summed E-state index contributed by atoms with van der Waals surface area (Å²) in [6.07, 6.45) is 5.22. The van der Waals surface area contributed by atoms with E-state index in [-0.39, 0.29) is 0 Å². The van der Waals surface area contributed by atoms with Gasteiger partial charge in [0.15, 0.2) is 0 Å². The standard InChI is InChI=1S/C16H18N2O/c19-16(8-10-18(11-16)13-6-7-13)14-5-1-3-12-4-2-9-17-15(12)14/h1-5,9,13,19H,6-8,10-11H2. The maximum Gasteiger partial charge on any atom is 0.106 e. The number of β-amino-alcohol motifs (C(OH)–C–C–N with tert-alkyl or cyclic N) is 1. The molecule has 0 spiro atoms. The Morgan fingerprint density at radius 3 is 2.89 bits per heavy atom. The first-order valence-corrected chi connectivity index (χ1v) is 7.07. The molecule has 1 unspecified atom stereocenters. The van der Waals surface area contributed by atoms with Gasteiger partial charge in [-0.05, 0) is 25.3 Å². The van der Waals surface area contributed by atoms with Crippen molar-refractivity contribution in [1.82, 2.24) is 9.88 Å². The van der Waals surface area contributed by atoms with E-state index in [9.17, 15) is 5.11 Å². The van der Waals surface area contributed by atoms with Gasteiger partial charge in [-0.15, -0.1) is 0 Å². The molecule has 2 fully saturated rings. The van der Waals surface area contributed by atoms with Crippen LogP contribution in [0.5, 0.6) is 0 Å². The van der Waals surface area contributed by atoms with Gasteiger partial charge in [0.25, 0.3) is 0 Å². The highest BCUT2D eigenvalue weighted by Crippen LogP contribution is 2.39. The van der Waals surface area contributed by atoms with Gasteiger partial charge in [0.2, 0.25) is 0 Å².